The molecule has 2 aliphatic rings. The second-order valence-corrected chi connectivity index (χ2v) is 40.3. The molecule has 47 heteroatoms. The van der Waals surface area contributed by atoms with E-state index in [1.807, 2.05) is 13.8 Å². The summed E-state index contributed by atoms with van der Waals surface area (Å²) in [5.74, 6) is -20.6. The van der Waals surface area contributed by atoms with E-state index in [2.05, 4.69) is 95.7 Å². The van der Waals surface area contributed by atoms with Crippen LogP contribution in [0.1, 0.15) is 264 Å². The van der Waals surface area contributed by atoms with Gasteiger partial charge in [-0.15, -0.1) is 0 Å². The molecule has 25 N–H and O–H groups in total. The summed E-state index contributed by atoms with van der Waals surface area (Å²) in [7, 11) is 0. The Balaban J connectivity index is 2.15. The average Bonchev–Trinajstić information content (AvgIpc) is 1.71. The first-order chi connectivity index (χ1) is 61.6. The summed E-state index contributed by atoms with van der Waals surface area (Å²) in [6.07, 6.45) is -0.543. The highest BCUT2D eigenvalue weighted by atomic mass is 16.3. The Hall–Kier alpha value is -12.2. The molecule has 2 rings (SSSR count). The first-order valence-electron chi connectivity index (χ1n) is 45.2. The molecule has 135 heavy (non-hydrogen) atoms. The van der Waals surface area contributed by atoms with Crippen LogP contribution >= 0.6 is 0 Å². The minimum Gasteiger partial charge on any atom is -0.394 e. The van der Waals surface area contributed by atoms with Gasteiger partial charge in [0.25, 0.3) is 0 Å². The molecule has 2 fully saturated rings. The number of rotatable bonds is 52. The molecular weight excluding hydrogens is 1760 g/mol. The fraction of sp³-hybridized carbons (Fsp3) is 0.739. The molecule has 0 saturated carbocycles. The van der Waals surface area contributed by atoms with Crippen LogP contribution in [0.2, 0.25) is 0 Å². The lowest BCUT2D eigenvalue weighted by Crippen LogP contribution is -2.66. The van der Waals surface area contributed by atoms with E-state index in [0.29, 0.717) is 19.3 Å². The van der Waals surface area contributed by atoms with Crippen LogP contribution in [0.15, 0.2) is 0 Å². The molecular formula is C88H151N23O24. The lowest BCUT2D eigenvalue weighted by atomic mass is 9.94. The van der Waals surface area contributed by atoms with Gasteiger partial charge in [0.15, 0.2) is 0 Å². The molecule has 0 aliphatic carbocycles. The molecule has 23 amide bonds. The number of carbonyl (C=O) groups excluding carboxylic acids is 23. The highest BCUT2D eigenvalue weighted by Gasteiger charge is 2.49. The predicted molar refractivity (Wildman–Crippen MR) is 491 cm³/mol. The molecule has 0 aromatic carbocycles. The van der Waals surface area contributed by atoms with E-state index >= 15 is 0 Å². The van der Waals surface area contributed by atoms with Gasteiger partial charge < -0.3 is 128 Å². The van der Waals surface area contributed by atoms with E-state index in [1.165, 1.54) is 155 Å². The molecule has 2 saturated heterocycles. The molecule has 11 atom stereocenters. The van der Waals surface area contributed by atoms with Gasteiger partial charge in [-0.25, -0.2) is 0 Å². The molecule has 0 bridgehead atoms. The molecule has 2 aliphatic heterocycles. The number of primary amides is 3. The minimum absolute atomic E-state index is 0.0258. The predicted octanol–water partition coefficient (Wildman–Crippen LogP) is -5.39. The zero-order chi connectivity index (χ0) is 104. The van der Waals surface area contributed by atoms with Gasteiger partial charge in [-0.2, -0.15) is 0 Å². The van der Waals surface area contributed by atoms with Gasteiger partial charge in [0.2, 0.25) is 136 Å². The summed E-state index contributed by atoms with van der Waals surface area (Å²) in [5.41, 5.74) is 0.384. The van der Waals surface area contributed by atoms with Crippen LogP contribution < -0.4 is 113 Å². The summed E-state index contributed by atoms with van der Waals surface area (Å²) in [6, 6.07) is -13.0. The molecule has 0 spiro atoms. The standard InChI is InChI=1S/C88H151N23O24/c1-28-46(6)61(100-75(131)83(16,17)104-66(122)53(35-38-58(91)116)96-62(118)47(7)93-72(128)81(12,13)103-63(119)48(8)94-73(129)82(14,15)105-68(124)55-32-30-40-111(55)78(134)87(24,25)101-49(9)113)70(126)107-80(10,11)71(127)92-42-59(117)102-85(20,21)76(132)109-88(26,27)79(135)110-39-29-31-54(110)67(123)99-60(45(4)5)69(125)106-86(22,23)77(133)108-84(18,19)74(130)98-52(34-37-57(90)115)65(121)97-51(33-36-56(89)114)64(120)95-50(43-112)41-44(2)3/h44-48,50-55,60-61,112H,28-43H2,1-27H3,(H2,89,114)(H2,90,115)(H2,91,116)(H,92,127)(H,93,128)(H,94,129)(H,95,120)(H,96,118)(H,97,121)(H,98,130)(H,99,123)(H,100,131)(H,101,113)(H,102,117)(H,103,119)(H,104,122)(H,105,124)(H,106,125)(H,107,126)(H,108,133)(H,109,132). The zero-order valence-corrected chi connectivity index (χ0v) is 83.3. The fourth-order valence-corrected chi connectivity index (χ4v) is 14.2. The molecule has 0 aromatic rings. The van der Waals surface area contributed by atoms with Crippen LogP contribution in [0.4, 0.5) is 0 Å². The lowest BCUT2D eigenvalue weighted by Gasteiger charge is -2.36. The van der Waals surface area contributed by atoms with E-state index < -0.39 is 290 Å². The Morgan fingerprint density at radius 2 is 0.704 bits per heavy atom. The third-order valence-corrected chi connectivity index (χ3v) is 22.8. The third kappa shape index (κ3) is 36.5. The molecule has 2 heterocycles. The summed E-state index contributed by atoms with van der Waals surface area (Å²) in [5, 5.41) is 55.6. The Kier molecular flexibility index (Phi) is 43.4. The quantitative estimate of drug-likeness (QED) is 0.0270. The number of aliphatic hydroxyl groups is 1. The van der Waals surface area contributed by atoms with Crippen molar-refractivity contribution in [1.29, 1.82) is 0 Å². The van der Waals surface area contributed by atoms with Crippen molar-refractivity contribution < 1.29 is 115 Å². The van der Waals surface area contributed by atoms with Crippen molar-refractivity contribution in [3.63, 3.8) is 0 Å². The fourth-order valence-electron chi connectivity index (χ4n) is 14.2. The second kappa shape index (κ2) is 49.3. The first-order valence-corrected chi connectivity index (χ1v) is 45.2. The third-order valence-electron chi connectivity index (χ3n) is 22.8. The van der Waals surface area contributed by atoms with Gasteiger partial charge >= 0.3 is 0 Å². The summed E-state index contributed by atoms with van der Waals surface area (Å²) in [6.45, 7) is 37.0. The van der Waals surface area contributed by atoms with Crippen molar-refractivity contribution in [3.8, 4) is 0 Å². The summed E-state index contributed by atoms with van der Waals surface area (Å²) < 4.78 is 0. The monoisotopic (exact) mass is 1910 g/mol. The van der Waals surface area contributed by atoms with Crippen molar-refractivity contribution in [1.82, 2.24) is 106 Å². The number of likely N-dealkylation sites (tertiary alicyclic amines) is 2. The number of nitrogens with zero attached hydrogens (tertiary/aromatic N) is 2. The Morgan fingerprint density at radius 1 is 0.356 bits per heavy atom. The largest absolute Gasteiger partial charge is 0.394 e. The highest BCUT2D eigenvalue weighted by molar-refractivity contribution is 6.05. The Morgan fingerprint density at radius 3 is 1.14 bits per heavy atom. The second-order valence-electron chi connectivity index (χ2n) is 40.3. The van der Waals surface area contributed by atoms with Gasteiger partial charge in [-0.1, -0.05) is 48.0 Å². The lowest BCUT2D eigenvalue weighted by molar-refractivity contribution is -0.146. The number of nitrogens with two attached hydrogens (primary N) is 3. The topological polar surface area (TPSA) is 714 Å². The van der Waals surface area contributed by atoms with Crippen molar-refractivity contribution in [3.05, 3.63) is 0 Å². The first kappa shape index (κ1) is 119. The van der Waals surface area contributed by atoms with Gasteiger partial charge in [0.1, 0.15) is 104 Å². The van der Waals surface area contributed by atoms with Crippen LogP contribution in [-0.2, 0) is 110 Å². The number of nitrogens with one attached hydrogen (secondary N) is 18. The number of hydrogen-bond acceptors (Lipinski definition) is 24. The molecule has 0 aromatic heterocycles. The van der Waals surface area contributed by atoms with E-state index in [1.54, 1.807) is 27.7 Å². The highest BCUT2D eigenvalue weighted by Crippen LogP contribution is 2.27. The normalized spacial score (nSPS) is 16.4. The average molecular weight is 1920 g/mol. The Labute approximate surface area is 788 Å². The summed E-state index contributed by atoms with van der Waals surface area (Å²) in [4.78, 5) is 314. The maximum absolute atomic E-state index is 14.5. The minimum atomic E-state index is -1.91. The van der Waals surface area contributed by atoms with Crippen LogP contribution in [-0.4, -0.2) is 287 Å². The van der Waals surface area contributed by atoms with Crippen molar-refractivity contribution >= 4 is 136 Å². The smallest absolute Gasteiger partial charge is 0.248 e. The molecule has 47 nitrogen and oxygen atoms in total. The zero-order valence-electron chi connectivity index (χ0n) is 83.3. The van der Waals surface area contributed by atoms with Crippen LogP contribution in [0.25, 0.3) is 0 Å². The van der Waals surface area contributed by atoms with Crippen molar-refractivity contribution in [2.24, 2.45) is 35.0 Å². The van der Waals surface area contributed by atoms with Crippen LogP contribution in [0.5, 0.6) is 0 Å². The maximum atomic E-state index is 14.5. The summed E-state index contributed by atoms with van der Waals surface area (Å²) >= 11 is 0. The van der Waals surface area contributed by atoms with Gasteiger partial charge in [-0.3, -0.25) is 110 Å². The van der Waals surface area contributed by atoms with E-state index in [9.17, 15) is 115 Å². The van der Waals surface area contributed by atoms with Crippen LogP contribution in [0, 0.1) is 17.8 Å². The molecule has 0 radical (unpaired) electrons. The number of carbonyl (C=O) groups is 23. The van der Waals surface area contributed by atoms with Gasteiger partial charge in [-0.05, 0) is 208 Å². The van der Waals surface area contributed by atoms with E-state index in [4.69, 9.17) is 17.2 Å². The molecule has 762 valence electrons. The van der Waals surface area contributed by atoms with Crippen LogP contribution in [0.3, 0.4) is 0 Å². The van der Waals surface area contributed by atoms with Crippen molar-refractivity contribution in [2.75, 3.05) is 26.2 Å². The van der Waals surface area contributed by atoms with E-state index in [0.717, 1.165) is 0 Å². The van der Waals surface area contributed by atoms with Gasteiger partial charge in [0.05, 0.1) is 19.2 Å². The van der Waals surface area contributed by atoms with Crippen molar-refractivity contribution in [2.45, 2.75) is 374 Å². The molecule has 11 unspecified atom stereocenters. The SMILES string of the molecule is CCC(C)C(NC(=O)C(C)(C)NC(=O)C(CCC(N)=O)NC(=O)C(C)NC(=O)C(C)(C)NC(=O)C(C)NC(=O)C(C)(C)NC(=O)C1CCCN1C(=O)C(C)(C)NC(C)=O)C(=O)NC(C)(C)C(=O)NCC(=O)NC(C)(C)C(=O)NC(C)(C)C(=O)N1CCCC1C(=O)NC(C(=O)NC(C)(C)C(=O)NC(C)(C)C(=O)NC(CCC(N)=O)C(=O)NC(CCC(N)=O)C(=O)NC(CO)CC(C)C)C(C)C. The number of aliphatic hydroxyl groups excluding tert-OH is 1. The van der Waals surface area contributed by atoms with E-state index in [-0.39, 0.29) is 57.5 Å². The number of amides is 23. The number of hydrogen-bond donors (Lipinski definition) is 22. The van der Waals surface area contributed by atoms with Gasteiger partial charge in [0, 0.05) is 39.3 Å². The Bertz CT molecular complexity index is 4420. The maximum Gasteiger partial charge on any atom is 0.248 e.